The van der Waals surface area contributed by atoms with Gasteiger partial charge in [0.1, 0.15) is 33.5 Å². The molecule has 0 saturated heterocycles. The van der Waals surface area contributed by atoms with Crippen molar-refractivity contribution in [2.24, 2.45) is 0 Å². The summed E-state index contributed by atoms with van der Waals surface area (Å²) in [6.07, 6.45) is 0. The summed E-state index contributed by atoms with van der Waals surface area (Å²) in [7, 11) is 0. The highest BCUT2D eigenvalue weighted by atomic mass is 16.3. The minimum Gasteiger partial charge on any atom is -0.456 e. The Balaban J connectivity index is 0.946. The maximum absolute atomic E-state index is 6.55. The first-order valence-electron chi connectivity index (χ1n) is 18.9. The monoisotopic (exact) mass is 731 g/mol. The fraction of sp³-hybridized carbons (Fsp3) is 0. The lowest BCUT2D eigenvalue weighted by Crippen LogP contribution is -2.00. The maximum atomic E-state index is 6.55. The van der Waals surface area contributed by atoms with Crippen LogP contribution in [0.2, 0.25) is 0 Å². The lowest BCUT2D eigenvalue weighted by Gasteiger charge is -2.09. The topological polar surface area (TPSA) is 78.1 Å². The number of furan rings is 3. The number of hydrogen-bond donors (Lipinski definition) is 0. The van der Waals surface area contributed by atoms with Crippen LogP contribution in [-0.2, 0) is 0 Å². The molecule has 0 aliphatic carbocycles. The number of fused-ring (bicyclic) bond motifs is 9. The van der Waals surface area contributed by atoms with Crippen molar-refractivity contribution in [3.8, 4) is 56.4 Å². The molecule has 6 nitrogen and oxygen atoms in total. The zero-order chi connectivity index (χ0) is 37.5. The molecule has 8 aromatic carbocycles. The molecule has 0 unspecified atom stereocenters. The summed E-state index contributed by atoms with van der Waals surface area (Å²) in [4.78, 5) is 15.0. The molecule has 0 aliphatic rings. The Morgan fingerprint density at radius 2 is 0.772 bits per heavy atom. The molecule has 0 atom stereocenters. The van der Waals surface area contributed by atoms with Crippen molar-refractivity contribution in [3.05, 3.63) is 176 Å². The Labute approximate surface area is 325 Å². The van der Waals surface area contributed by atoms with Gasteiger partial charge in [0.05, 0.1) is 5.56 Å². The van der Waals surface area contributed by atoms with Crippen LogP contribution in [0.3, 0.4) is 0 Å². The van der Waals surface area contributed by atoms with Gasteiger partial charge in [-0.3, -0.25) is 0 Å². The Hall–Kier alpha value is -7.83. The predicted molar refractivity (Wildman–Crippen MR) is 229 cm³/mol. The minimum atomic E-state index is 0.555. The lowest BCUT2D eigenvalue weighted by molar-refractivity contribution is 0.668. The molecule has 57 heavy (non-hydrogen) atoms. The van der Waals surface area contributed by atoms with Gasteiger partial charge in [0, 0.05) is 43.4 Å². The van der Waals surface area contributed by atoms with Crippen molar-refractivity contribution in [2.75, 3.05) is 0 Å². The van der Waals surface area contributed by atoms with E-state index in [1.54, 1.807) is 0 Å². The summed E-state index contributed by atoms with van der Waals surface area (Å²) in [6.45, 7) is 0. The molecule has 0 saturated carbocycles. The van der Waals surface area contributed by atoms with Crippen LogP contribution in [0.25, 0.3) is 122 Å². The maximum Gasteiger partial charge on any atom is 0.167 e. The highest BCUT2D eigenvalue weighted by Gasteiger charge is 2.20. The average Bonchev–Trinajstić information content (AvgIpc) is 3.98. The molecule has 12 aromatic rings. The normalized spacial score (nSPS) is 11.9. The highest BCUT2D eigenvalue weighted by molar-refractivity contribution is 6.19. The highest BCUT2D eigenvalue weighted by Crippen LogP contribution is 2.43. The summed E-state index contributed by atoms with van der Waals surface area (Å²) in [6, 6.07) is 59.8. The fourth-order valence-corrected chi connectivity index (χ4v) is 8.31. The zero-order valence-corrected chi connectivity index (χ0v) is 30.3. The number of aromatic nitrogens is 3. The molecule has 0 spiro atoms. The standard InChI is InChI=1S/C51H29N3O3/c1-2-11-31(12-3-1)49-52-50(54-51(53-49)40-18-8-17-37-34-13-4-6-19-41(34)57-48(37)40)32-25-23-30(24-26-32)33-27-28-39-45(29-33)56-44-22-10-16-36(47(39)44)35-15-9-21-43-46(35)38-14-5-7-20-42(38)55-43/h1-29H. The van der Waals surface area contributed by atoms with Gasteiger partial charge >= 0.3 is 0 Å². The molecular formula is C51H29N3O3. The van der Waals surface area contributed by atoms with Gasteiger partial charge in [-0.2, -0.15) is 0 Å². The summed E-state index contributed by atoms with van der Waals surface area (Å²) in [5, 5.41) is 6.45. The van der Waals surface area contributed by atoms with Gasteiger partial charge in [-0.25, -0.2) is 15.0 Å². The van der Waals surface area contributed by atoms with Crippen molar-refractivity contribution in [1.29, 1.82) is 0 Å². The third-order valence-corrected chi connectivity index (χ3v) is 11.0. The van der Waals surface area contributed by atoms with Gasteiger partial charge in [0.15, 0.2) is 17.5 Å². The molecule has 0 radical (unpaired) electrons. The largest absolute Gasteiger partial charge is 0.456 e. The van der Waals surface area contributed by atoms with E-state index in [1.165, 1.54) is 0 Å². The Kier molecular flexibility index (Phi) is 6.83. The van der Waals surface area contributed by atoms with Crippen LogP contribution in [0.5, 0.6) is 0 Å². The number of nitrogens with zero attached hydrogens (tertiary/aromatic N) is 3. The van der Waals surface area contributed by atoms with Crippen molar-refractivity contribution in [2.45, 2.75) is 0 Å². The first-order chi connectivity index (χ1) is 28.2. The molecule has 4 aromatic heterocycles. The minimum absolute atomic E-state index is 0.555. The van der Waals surface area contributed by atoms with Gasteiger partial charge in [0.25, 0.3) is 0 Å². The van der Waals surface area contributed by atoms with Crippen LogP contribution in [-0.4, -0.2) is 15.0 Å². The molecular weight excluding hydrogens is 703 g/mol. The van der Waals surface area contributed by atoms with E-state index in [1.807, 2.05) is 84.9 Å². The summed E-state index contributed by atoms with van der Waals surface area (Å²) in [5.74, 6) is 1.73. The second kappa shape index (κ2) is 12.3. The molecule has 4 heterocycles. The van der Waals surface area contributed by atoms with Gasteiger partial charge in [-0.1, -0.05) is 133 Å². The molecule has 0 N–H and O–H groups in total. The lowest BCUT2D eigenvalue weighted by atomic mass is 9.95. The van der Waals surface area contributed by atoms with E-state index in [2.05, 4.69) is 91.0 Å². The van der Waals surface area contributed by atoms with Crippen LogP contribution in [0, 0.1) is 0 Å². The molecule has 0 bridgehead atoms. The number of benzene rings is 8. The fourth-order valence-electron chi connectivity index (χ4n) is 8.31. The summed E-state index contributed by atoms with van der Waals surface area (Å²) >= 11 is 0. The van der Waals surface area contributed by atoms with Gasteiger partial charge in [0.2, 0.25) is 0 Å². The van der Waals surface area contributed by atoms with Gasteiger partial charge in [-0.05, 0) is 64.7 Å². The van der Waals surface area contributed by atoms with E-state index in [9.17, 15) is 0 Å². The van der Waals surface area contributed by atoms with Crippen molar-refractivity contribution >= 4 is 65.8 Å². The smallest absolute Gasteiger partial charge is 0.167 e. The van der Waals surface area contributed by atoms with E-state index < -0.39 is 0 Å². The SMILES string of the molecule is c1ccc(-c2nc(-c3ccc(-c4ccc5c(c4)oc4cccc(-c6cccc7oc8ccccc8c67)c45)cc3)nc(-c3cccc4c3oc3ccccc34)n2)cc1. The van der Waals surface area contributed by atoms with Crippen LogP contribution < -0.4 is 0 Å². The Morgan fingerprint density at radius 3 is 1.51 bits per heavy atom. The van der Waals surface area contributed by atoms with E-state index in [-0.39, 0.29) is 0 Å². The predicted octanol–water partition coefficient (Wildman–Crippen LogP) is 13.9. The van der Waals surface area contributed by atoms with Crippen molar-refractivity contribution in [3.63, 3.8) is 0 Å². The van der Waals surface area contributed by atoms with Gasteiger partial charge in [-0.15, -0.1) is 0 Å². The number of rotatable bonds is 5. The van der Waals surface area contributed by atoms with Gasteiger partial charge < -0.3 is 13.3 Å². The molecule has 0 aliphatic heterocycles. The van der Waals surface area contributed by atoms with Crippen LogP contribution in [0.4, 0.5) is 0 Å². The summed E-state index contributed by atoms with van der Waals surface area (Å²) in [5.41, 5.74) is 12.0. The van der Waals surface area contributed by atoms with E-state index >= 15 is 0 Å². The van der Waals surface area contributed by atoms with E-state index in [4.69, 9.17) is 28.2 Å². The van der Waals surface area contributed by atoms with Crippen LogP contribution in [0.1, 0.15) is 0 Å². The second-order valence-electron chi connectivity index (χ2n) is 14.3. The zero-order valence-electron chi connectivity index (χ0n) is 30.3. The van der Waals surface area contributed by atoms with E-state index in [0.29, 0.717) is 17.5 Å². The number of para-hydroxylation sites is 3. The Morgan fingerprint density at radius 1 is 0.281 bits per heavy atom. The molecule has 0 fully saturated rings. The molecule has 0 amide bonds. The number of hydrogen-bond acceptors (Lipinski definition) is 6. The van der Waals surface area contributed by atoms with Crippen molar-refractivity contribution < 1.29 is 13.3 Å². The van der Waals surface area contributed by atoms with Crippen LogP contribution >= 0.6 is 0 Å². The summed E-state index contributed by atoms with van der Waals surface area (Å²) < 4.78 is 19.2. The third kappa shape index (κ3) is 5.01. The first-order valence-corrected chi connectivity index (χ1v) is 18.9. The second-order valence-corrected chi connectivity index (χ2v) is 14.3. The molecule has 12 rings (SSSR count). The Bertz CT molecular complexity index is 3520. The third-order valence-electron chi connectivity index (χ3n) is 11.0. The molecule has 266 valence electrons. The first kappa shape index (κ1) is 31.5. The quantitative estimate of drug-likeness (QED) is 0.175. The van der Waals surface area contributed by atoms with Crippen LogP contribution in [0.15, 0.2) is 189 Å². The van der Waals surface area contributed by atoms with E-state index in [0.717, 1.165) is 105 Å². The van der Waals surface area contributed by atoms with Crippen molar-refractivity contribution in [1.82, 2.24) is 15.0 Å². The average molecular weight is 732 g/mol. The molecule has 6 heteroatoms.